The van der Waals surface area contributed by atoms with Gasteiger partial charge in [-0.05, 0) is 6.42 Å². The number of ether oxygens (including phenoxy) is 1. The molecule has 2 atom stereocenters. The predicted molar refractivity (Wildman–Crippen MR) is 55.5 cm³/mol. The van der Waals surface area contributed by atoms with Crippen molar-refractivity contribution < 1.29 is 9.53 Å². The van der Waals surface area contributed by atoms with Gasteiger partial charge in [-0.3, -0.25) is 4.79 Å². The number of hydrogen-bond donors (Lipinski definition) is 2. The average molecular weight is 198 g/mol. The average Bonchev–Trinajstić information content (AvgIpc) is 2.19. The molecule has 0 aromatic carbocycles. The summed E-state index contributed by atoms with van der Waals surface area (Å²) in [5, 5.41) is 2.69. The van der Waals surface area contributed by atoms with Gasteiger partial charge < -0.3 is 15.8 Å². The van der Waals surface area contributed by atoms with E-state index in [0.717, 1.165) is 12.8 Å². The van der Waals surface area contributed by atoms with Crippen LogP contribution in [0.25, 0.3) is 0 Å². The number of amides is 1. The number of nitrogens with one attached hydrogen (secondary N) is 1. The first kappa shape index (κ1) is 12.9. The van der Waals surface area contributed by atoms with Crippen molar-refractivity contribution in [3.05, 3.63) is 0 Å². The van der Waals surface area contributed by atoms with Gasteiger partial charge in [-0.15, -0.1) is 6.42 Å². The fourth-order valence-corrected chi connectivity index (χ4v) is 1.06. The minimum Gasteiger partial charge on any atom is -0.370 e. The second-order valence-corrected chi connectivity index (χ2v) is 2.98. The number of carbonyl (C=O) groups excluding carboxylic acids is 1. The highest BCUT2D eigenvalue weighted by atomic mass is 16.5. The Morgan fingerprint density at radius 1 is 1.71 bits per heavy atom. The van der Waals surface area contributed by atoms with Crippen LogP contribution < -0.4 is 11.1 Å². The van der Waals surface area contributed by atoms with Crippen LogP contribution in [-0.2, 0) is 9.53 Å². The molecule has 0 aliphatic carbocycles. The van der Waals surface area contributed by atoms with E-state index >= 15 is 0 Å². The van der Waals surface area contributed by atoms with Crippen molar-refractivity contribution in [1.82, 2.24) is 5.32 Å². The van der Waals surface area contributed by atoms with Gasteiger partial charge in [-0.25, -0.2) is 0 Å². The van der Waals surface area contributed by atoms with Gasteiger partial charge in [0.05, 0.1) is 6.04 Å². The van der Waals surface area contributed by atoms with Crippen LogP contribution >= 0.6 is 0 Å². The molecule has 0 bridgehead atoms. The highest BCUT2D eigenvalue weighted by Crippen LogP contribution is 1.96. The smallest absolute Gasteiger partial charge is 0.251 e. The second-order valence-electron chi connectivity index (χ2n) is 2.98. The van der Waals surface area contributed by atoms with Crippen LogP contribution in [0.5, 0.6) is 0 Å². The van der Waals surface area contributed by atoms with E-state index in [1.807, 2.05) is 6.92 Å². The lowest BCUT2D eigenvalue weighted by Crippen LogP contribution is -2.44. The fraction of sp³-hybridized carbons (Fsp3) is 0.700. The molecule has 0 saturated heterocycles. The molecule has 1 amide bonds. The van der Waals surface area contributed by atoms with E-state index in [1.165, 1.54) is 7.11 Å². The van der Waals surface area contributed by atoms with Crippen LogP contribution in [0.2, 0.25) is 0 Å². The van der Waals surface area contributed by atoms with Gasteiger partial charge in [0.15, 0.2) is 0 Å². The SMILES string of the molecule is C#CC(CCC)NC(=O)C(CN)OC. The van der Waals surface area contributed by atoms with E-state index in [2.05, 4.69) is 11.2 Å². The van der Waals surface area contributed by atoms with Gasteiger partial charge in [0.25, 0.3) is 5.91 Å². The Morgan fingerprint density at radius 3 is 2.71 bits per heavy atom. The second kappa shape index (κ2) is 7.36. The first-order valence-electron chi connectivity index (χ1n) is 4.68. The maximum atomic E-state index is 11.4. The van der Waals surface area contributed by atoms with Crippen molar-refractivity contribution in [3.8, 4) is 12.3 Å². The molecule has 2 unspecified atom stereocenters. The Labute approximate surface area is 85.2 Å². The normalized spacial score (nSPS) is 14.1. The van der Waals surface area contributed by atoms with Gasteiger partial charge in [0.1, 0.15) is 6.10 Å². The zero-order valence-electron chi connectivity index (χ0n) is 8.75. The quantitative estimate of drug-likeness (QED) is 0.585. The molecule has 4 heteroatoms. The van der Waals surface area contributed by atoms with Gasteiger partial charge >= 0.3 is 0 Å². The number of rotatable bonds is 6. The summed E-state index contributed by atoms with van der Waals surface area (Å²) >= 11 is 0. The highest BCUT2D eigenvalue weighted by molar-refractivity contribution is 5.81. The summed E-state index contributed by atoms with van der Waals surface area (Å²) in [6.07, 6.45) is 6.34. The van der Waals surface area contributed by atoms with Gasteiger partial charge in [-0.1, -0.05) is 19.3 Å². The minimum atomic E-state index is -0.609. The third-order valence-corrected chi connectivity index (χ3v) is 1.89. The maximum Gasteiger partial charge on any atom is 0.251 e. The van der Waals surface area contributed by atoms with Crippen LogP contribution in [0.4, 0.5) is 0 Å². The number of terminal acetylenes is 1. The molecule has 0 spiro atoms. The molecule has 0 aromatic heterocycles. The maximum absolute atomic E-state index is 11.4. The van der Waals surface area contributed by atoms with E-state index in [0.29, 0.717) is 0 Å². The predicted octanol–water partition coefficient (Wildman–Crippen LogP) is -0.122. The van der Waals surface area contributed by atoms with Crippen LogP contribution in [0, 0.1) is 12.3 Å². The van der Waals surface area contributed by atoms with Crippen LogP contribution in [-0.4, -0.2) is 31.7 Å². The highest BCUT2D eigenvalue weighted by Gasteiger charge is 2.17. The third-order valence-electron chi connectivity index (χ3n) is 1.89. The van der Waals surface area contributed by atoms with Crippen LogP contribution in [0.15, 0.2) is 0 Å². The van der Waals surface area contributed by atoms with Crippen molar-refractivity contribution in [2.45, 2.75) is 31.9 Å². The standard InChI is InChI=1S/C10H18N2O2/c1-4-6-8(5-2)12-10(13)9(7-11)14-3/h2,8-9H,4,6-7,11H2,1,3H3,(H,12,13). The van der Waals surface area contributed by atoms with Crippen molar-refractivity contribution in [2.75, 3.05) is 13.7 Å². The molecule has 0 aromatic rings. The van der Waals surface area contributed by atoms with Crippen LogP contribution in [0.3, 0.4) is 0 Å². The third kappa shape index (κ3) is 4.26. The van der Waals surface area contributed by atoms with Crippen LogP contribution in [0.1, 0.15) is 19.8 Å². The summed E-state index contributed by atoms with van der Waals surface area (Å²) in [7, 11) is 1.45. The zero-order chi connectivity index (χ0) is 11.0. The molecule has 80 valence electrons. The number of methoxy groups -OCH3 is 1. The molecule has 0 rings (SSSR count). The molecule has 14 heavy (non-hydrogen) atoms. The monoisotopic (exact) mass is 198 g/mol. The van der Waals surface area contributed by atoms with E-state index in [1.54, 1.807) is 0 Å². The number of hydrogen-bond acceptors (Lipinski definition) is 3. The first-order chi connectivity index (χ1) is 6.69. The summed E-state index contributed by atoms with van der Waals surface area (Å²) in [4.78, 5) is 11.4. The van der Waals surface area contributed by atoms with Crippen molar-refractivity contribution in [3.63, 3.8) is 0 Å². The lowest BCUT2D eigenvalue weighted by molar-refractivity contribution is -0.130. The minimum absolute atomic E-state index is 0.158. The lowest BCUT2D eigenvalue weighted by atomic mass is 10.1. The van der Waals surface area contributed by atoms with Crippen molar-refractivity contribution >= 4 is 5.91 Å². The van der Waals surface area contributed by atoms with Gasteiger partial charge in [0, 0.05) is 13.7 Å². The number of carbonyl (C=O) groups is 1. The van der Waals surface area contributed by atoms with Crippen molar-refractivity contribution in [2.24, 2.45) is 5.73 Å². The molecular formula is C10H18N2O2. The molecule has 0 aliphatic rings. The summed E-state index contributed by atoms with van der Waals surface area (Å²) in [5.74, 6) is 2.26. The molecular weight excluding hydrogens is 180 g/mol. The Bertz CT molecular complexity index is 207. The summed E-state index contributed by atoms with van der Waals surface area (Å²) in [5.41, 5.74) is 5.34. The Balaban J connectivity index is 4.08. The summed E-state index contributed by atoms with van der Waals surface area (Å²) in [6, 6.07) is -0.225. The van der Waals surface area contributed by atoms with E-state index in [-0.39, 0.29) is 18.5 Å². The number of nitrogens with two attached hydrogens (primary N) is 1. The molecule has 0 fully saturated rings. The molecule has 0 radical (unpaired) electrons. The van der Waals surface area contributed by atoms with E-state index in [9.17, 15) is 4.79 Å². The molecule has 0 aliphatic heterocycles. The van der Waals surface area contributed by atoms with E-state index < -0.39 is 6.10 Å². The topological polar surface area (TPSA) is 64.4 Å². The van der Waals surface area contributed by atoms with Gasteiger partial charge in [-0.2, -0.15) is 0 Å². The van der Waals surface area contributed by atoms with Gasteiger partial charge in [0.2, 0.25) is 0 Å². The molecule has 3 N–H and O–H groups in total. The largest absolute Gasteiger partial charge is 0.370 e. The first-order valence-corrected chi connectivity index (χ1v) is 4.68. The Morgan fingerprint density at radius 2 is 2.36 bits per heavy atom. The lowest BCUT2D eigenvalue weighted by Gasteiger charge is -2.16. The molecule has 4 nitrogen and oxygen atoms in total. The van der Waals surface area contributed by atoms with E-state index in [4.69, 9.17) is 16.9 Å². The zero-order valence-corrected chi connectivity index (χ0v) is 8.75. The Hall–Kier alpha value is -1.05. The summed E-state index contributed by atoms with van der Waals surface area (Å²) in [6.45, 7) is 2.17. The molecule has 0 heterocycles. The fourth-order valence-electron chi connectivity index (χ4n) is 1.06. The molecule has 0 saturated carbocycles. The Kier molecular flexibility index (Phi) is 6.81. The van der Waals surface area contributed by atoms with Crippen molar-refractivity contribution in [1.29, 1.82) is 0 Å². The summed E-state index contributed by atoms with van der Waals surface area (Å²) < 4.78 is 4.88.